The molecule has 4 nitrogen and oxygen atoms in total. The molecule has 0 saturated carbocycles. The molecule has 1 aromatic rings. The van der Waals surface area contributed by atoms with Crippen molar-refractivity contribution in [3.8, 4) is 0 Å². The smallest absolute Gasteiger partial charge is 0.224 e. The molecule has 0 radical (unpaired) electrons. The van der Waals surface area contributed by atoms with Crippen molar-refractivity contribution in [1.29, 1.82) is 0 Å². The molecule has 0 fully saturated rings. The maximum absolute atomic E-state index is 5.70. The molecule has 0 bridgehead atoms. The lowest BCUT2D eigenvalue weighted by molar-refractivity contribution is 0.194. The predicted molar refractivity (Wildman–Crippen MR) is 61.4 cm³/mol. The summed E-state index contributed by atoms with van der Waals surface area (Å²) >= 11 is 5.70. The van der Waals surface area contributed by atoms with Crippen LogP contribution in [0, 0.1) is 6.92 Å². The van der Waals surface area contributed by atoms with Crippen LogP contribution in [0.1, 0.15) is 18.4 Å². The molecule has 0 aromatic carbocycles. The fourth-order valence-electron chi connectivity index (χ4n) is 1.18. The van der Waals surface area contributed by atoms with Crippen LogP contribution in [0.15, 0.2) is 6.20 Å². The number of nitrogens with zero attached hydrogens (tertiary/aromatic N) is 2. The molecule has 1 heterocycles. The molecule has 0 unspecified atom stereocenters. The summed E-state index contributed by atoms with van der Waals surface area (Å²) < 4.78 is 4.96. The summed E-state index contributed by atoms with van der Waals surface area (Å²) in [6.07, 6.45) is 3.81. The minimum absolute atomic E-state index is 0.278. The van der Waals surface area contributed by atoms with Crippen LogP contribution in [0.5, 0.6) is 0 Å². The standard InChI is InChI=1S/C10H16ClN3O/c1-8-7-13-10(11)14-9(8)12-5-3-4-6-15-2/h7H,3-6H2,1-2H3,(H,12,13,14). The first-order chi connectivity index (χ1) is 7.24. The summed E-state index contributed by atoms with van der Waals surface area (Å²) in [5, 5.41) is 3.50. The van der Waals surface area contributed by atoms with Crippen molar-refractivity contribution in [2.45, 2.75) is 19.8 Å². The lowest BCUT2D eigenvalue weighted by atomic mass is 10.3. The van der Waals surface area contributed by atoms with Crippen LogP contribution in [0.4, 0.5) is 5.82 Å². The van der Waals surface area contributed by atoms with Gasteiger partial charge in [0.05, 0.1) is 0 Å². The Balaban J connectivity index is 2.33. The van der Waals surface area contributed by atoms with E-state index in [-0.39, 0.29) is 5.28 Å². The first-order valence-electron chi connectivity index (χ1n) is 4.96. The van der Waals surface area contributed by atoms with Crippen molar-refractivity contribution < 1.29 is 4.74 Å². The van der Waals surface area contributed by atoms with Crippen molar-refractivity contribution in [1.82, 2.24) is 9.97 Å². The van der Waals surface area contributed by atoms with Gasteiger partial charge in [0.15, 0.2) is 0 Å². The van der Waals surface area contributed by atoms with Gasteiger partial charge in [0.2, 0.25) is 5.28 Å². The topological polar surface area (TPSA) is 47.0 Å². The molecule has 0 amide bonds. The quantitative estimate of drug-likeness (QED) is 0.601. The number of unbranched alkanes of at least 4 members (excludes halogenated alkanes) is 1. The average molecular weight is 230 g/mol. The molecule has 0 aliphatic heterocycles. The molecular formula is C10H16ClN3O. The van der Waals surface area contributed by atoms with Gasteiger partial charge in [0.25, 0.3) is 0 Å². The SMILES string of the molecule is COCCCCNc1nc(Cl)ncc1C. The maximum Gasteiger partial charge on any atom is 0.224 e. The van der Waals surface area contributed by atoms with Crippen LogP contribution < -0.4 is 5.32 Å². The van der Waals surface area contributed by atoms with Gasteiger partial charge in [-0.1, -0.05) is 0 Å². The Bertz CT molecular complexity index is 307. The number of ether oxygens (including phenoxy) is 1. The molecular weight excluding hydrogens is 214 g/mol. The zero-order valence-electron chi connectivity index (χ0n) is 9.09. The highest BCUT2D eigenvalue weighted by atomic mass is 35.5. The first kappa shape index (κ1) is 12.2. The first-order valence-corrected chi connectivity index (χ1v) is 5.34. The van der Waals surface area contributed by atoms with Gasteiger partial charge >= 0.3 is 0 Å². The lowest BCUT2D eigenvalue weighted by Gasteiger charge is -2.07. The predicted octanol–water partition coefficient (Wildman–Crippen LogP) is 2.28. The number of hydrogen-bond donors (Lipinski definition) is 1. The summed E-state index contributed by atoms with van der Waals surface area (Å²) in [5.41, 5.74) is 1.01. The number of rotatable bonds is 6. The Labute approximate surface area is 95.0 Å². The van der Waals surface area contributed by atoms with Crippen LogP contribution in [0.25, 0.3) is 0 Å². The van der Waals surface area contributed by atoms with Gasteiger partial charge in [-0.05, 0) is 31.4 Å². The van der Waals surface area contributed by atoms with E-state index in [0.717, 1.165) is 37.4 Å². The van der Waals surface area contributed by atoms with Gasteiger partial charge < -0.3 is 10.1 Å². The van der Waals surface area contributed by atoms with E-state index in [4.69, 9.17) is 16.3 Å². The summed E-state index contributed by atoms with van der Waals surface area (Å²) in [5.74, 6) is 0.812. The van der Waals surface area contributed by atoms with Gasteiger partial charge in [-0.2, -0.15) is 0 Å². The fraction of sp³-hybridized carbons (Fsp3) is 0.600. The Kier molecular flexibility index (Phi) is 5.36. The van der Waals surface area contributed by atoms with Gasteiger partial charge in [-0.3, -0.25) is 0 Å². The van der Waals surface area contributed by atoms with E-state index in [1.54, 1.807) is 13.3 Å². The number of nitrogens with one attached hydrogen (secondary N) is 1. The molecule has 15 heavy (non-hydrogen) atoms. The van der Waals surface area contributed by atoms with Gasteiger partial charge in [-0.25, -0.2) is 9.97 Å². The number of anilines is 1. The number of halogens is 1. The van der Waals surface area contributed by atoms with Crippen LogP contribution in [0.2, 0.25) is 5.28 Å². The van der Waals surface area contributed by atoms with Crippen LogP contribution in [-0.2, 0) is 4.74 Å². The van der Waals surface area contributed by atoms with Gasteiger partial charge in [0.1, 0.15) is 5.82 Å². The Morgan fingerprint density at radius 1 is 1.47 bits per heavy atom. The molecule has 0 atom stereocenters. The molecule has 0 aliphatic rings. The van der Waals surface area contributed by atoms with Crippen molar-refractivity contribution in [2.24, 2.45) is 0 Å². The number of hydrogen-bond acceptors (Lipinski definition) is 4. The summed E-state index contributed by atoms with van der Waals surface area (Å²) in [6, 6.07) is 0. The molecule has 0 aliphatic carbocycles. The average Bonchev–Trinajstić information content (AvgIpc) is 2.23. The number of aromatic nitrogens is 2. The summed E-state index contributed by atoms with van der Waals surface area (Å²) in [4.78, 5) is 7.99. The second kappa shape index (κ2) is 6.58. The fourth-order valence-corrected chi connectivity index (χ4v) is 1.31. The Morgan fingerprint density at radius 2 is 2.27 bits per heavy atom. The lowest BCUT2D eigenvalue weighted by Crippen LogP contribution is -2.06. The van der Waals surface area contributed by atoms with Crippen molar-refractivity contribution in [3.05, 3.63) is 17.0 Å². The number of aryl methyl sites for hydroxylation is 1. The molecule has 5 heteroatoms. The minimum Gasteiger partial charge on any atom is -0.385 e. The molecule has 0 spiro atoms. The Hall–Kier alpha value is -0.870. The van der Waals surface area contributed by atoms with Crippen molar-refractivity contribution in [3.63, 3.8) is 0 Å². The number of methoxy groups -OCH3 is 1. The zero-order valence-corrected chi connectivity index (χ0v) is 9.84. The molecule has 1 aromatic heterocycles. The Morgan fingerprint density at radius 3 is 3.00 bits per heavy atom. The third-order valence-corrected chi connectivity index (χ3v) is 2.19. The highest BCUT2D eigenvalue weighted by molar-refractivity contribution is 6.28. The second-order valence-electron chi connectivity index (χ2n) is 3.30. The molecule has 0 saturated heterocycles. The van der Waals surface area contributed by atoms with E-state index in [1.165, 1.54) is 0 Å². The normalized spacial score (nSPS) is 10.3. The van der Waals surface area contributed by atoms with E-state index in [0.29, 0.717) is 0 Å². The van der Waals surface area contributed by atoms with Crippen LogP contribution >= 0.6 is 11.6 Å². The van der Waals surface area contributed by atoms with Crippen LogP contribution in [0.3, 0.4) is 0 Å². The monoisotopic (exact) mass is 229 g/mol. The molecule has 1 rings (SSSR count). The molecule has 1 N–H and O–H groups in total. The largest absolute Gasteiger partial charge is 0.385 e. The van der Waals surface area contributed by atoms with E-state index in [9.17, 15) is 0 Å². The maximum atomic E-state index is 5.70. The third-order valence-electron chi connectivity index (χ3n) is 2.01. The van der Waals surface area contributed by atoms with Crippen molar-refractivity contribution >= 4 is 17.4 Å². The highest BCUT2D eigenvalue weighted by Gasteiger charge is 2.00. The van der Waals surface area contributed by atoms with E-state index >= 15 is 0 Å². The summed E-state index contributed by atoms with van der Waals surface area (Å²) in [6.45, 7) is 3.62. The van der Waals surface area contributed by atoms with Crippen LogP contribution in [-0.4, -0.2) is 30.2 Å². The van der Waals surface area contributed by atoms with E-state index in [2.05, 4.69) is 15.3 Å². The second-order valence-corrected chi connectivity index (χ2v) is 3.64. The van der Waals surface area contributed by atoms with Gasteiger partial charge in [0, 0.05) is 32.0 Å². The highest BCUT2D eigenvalue weighted by Crippen LogP contribution is 2.12. The van der Waals surface area contributed by atoms with Crippen molar-refractivity contribution in [2.75, 3.05) is 25.6 Å². The van der Waals surface area contributed by atoms with E-state index < -0.39 is 0 Å². The molecule has 84 valence electrons. The van der Waals surface area contributed by atoms with E-state index in [1.807, 2.05) is 6.92 Å². The minimum atomic E-state index is 0.278. The summed E-state index contributed by atoms with van der Waals surface area (Å²) in [7, 11) is 1.71. The van der Waals surface area contributed by atoms with Gasteiger partial charge in [-0.15, -0.1) is 0 Å². The zero-order chi connectivity index (χ0) is 11.1. The third kappa shape index (κ3) is 4.44.